The average Bonchev–Trinajstić information content (AvgIpc) is 2.50. The third-order valence-electron chi connectivity index (χ3n) is 4.44. The molecule has 0 heterocycles. The number of carboxylic acids is 1. The number of unbranched alkanes of at least 4 members (excludes halogenated alkanes) is 14. The van der Waals surface area contributed by atoms with Gasteiger partial charge in [-0.25, -0.2) is 0 Å². The molecule has 0 radical (unpaired) electrons. The maximum atomic E-state index is 10.7. The molecule has 2 atom stereocenters. The van der Waals surface area contributed by atoms with Gasteiger partial charge in [-0.3, -0.25) is 0 Å². The minimum atomic E-state index is -0.620. The van der Waals surface area contributed by atoms with Crippen LogP contribution in [-0.4, -0.2) is 27.9 Å². The molecule has 0 bridgehead atoms. The zero-order valence-corrected chi connectivity index (χ0v) is 17.2. The van der Waals surface area contributed by atoms with Crippen molar-refractivity contribution in [1.29, 1.82) is 0 Å². The molecule has 3 heteroatoms. The number of rotatable bonds is 17. The van der Waals surface area contributed by atoms with E-state index in [1.54, 1.807) is 0 Å². The molecule has 0 rings (SSSR count). The van der Waals surface area contributed by atoms with E-state index in [1.807, 2.05) is 0 Å². The summed E-state index contributed by atoms with van der Waals surface area (Å²) in [6.45, 7) is 2.28. The number of carboxylic acid groups (broad SMARTS) is 1. The van der Waals surface area contributed by atoms with Gasteiger partial charge < -0.3 is 0 Å². The predicted octanol–water partition coefficient (Wildman–Crippen LogP) is 5.75. The summed E-state index contributed by atoms with van der Waals surface area (Å²) < 4.78 is -0.102. The van der Waals surface area contributed by atoms with Crippen LogP contribution in [0.1, 0.15) is 110 Å². The van der Waals surface area contributed by atoms with Gasteiger partial charge in [-0.15, -0.1) is 0 Å². The fraction of sp³-hybridized carbons (Fsp3) is 0.947. The molecule has 0 saturated heterocycles. The van der Waals surface area contributed by atoms with E-state index in [0.717, 1.165) is 12.8 Å². The van der Waals surface area contributed by atoms with E-state index < -0.39 is 5.97 Å². The topological polar surface area (TPSA) is 37.3 Å². The molecule has 1 N–H and O–H groups in total. The molecule has 132 valence electrons. The van der Waals surface area contributed by atoms with Crippen LogP contribution in [-0.2, 0) is 4.79 Å². The Hall–Kier alpha value is 0.0284. The normalized spacial score (nSPS) is 12.5. The molecule has 0 aliphatic carbocycles. The Morgan fingerprint density at radius 1 is 0.727 bits per heavy atom. The van der Waals surface area contributed by atoms with Crippen molar-refractivity contribution in [3.63, 3.8) is 0 Å². The van der Waals surface area contributed by atoms with Crippen molar-refractivity contribution in [2.75, 3.05) is 0 Å². The van der Waals surface area contributed by atoms with Crippen LogP contribution in [0.25, 0.3) is 0 Å². The molecule has 0 aromatic heterocycles. The van der Waals surface area contributed by atoms with E-state index in [2.05, 4.69) is 6.92 Å². The second-order valence-electron chi connectivity index (χ2n) is 6.68. The monoisotopic (exact) mass is 374 g/mol. The van der Waals surface area contributed by atoms with E-state index in [0.29, 0.717) is 0 Å². The van der Waals surface area contributed by atoms with Gasteiger partial charge in [0, 0.05) is 0 Å². The third kappa shape index (κ3) is 16.4. The fourth-order valence-corrected chi connectivity index (χ4v) is 3.35. The van der Waals surface area contributed by atoms with Crippen LogP contribution < -0.4 is 0 Å². The second-order valence-corrected chi connectivity index (χ2v) is 8.37. The number of hydrogen-bond donors (Lipinski definition) is 1. The first-order valence-electron chi connectivity index (χ1n) is 9.67. The zero-order chi connectivity index (χ0) is 16.5. The van der Waals surface area contributed by atoms with Crippen LogP contribution in [0.4, 0.5) is 0 Å². The maximum absolute atomic E-state index is 10.7. The number of aliphatic carboxylic acids is 1. The van der Waals surface area contributed by atoms with Gasteiger partial charge in [0.15, 0.2) is 0 Å². The van der Waals surface area contributed by atoms with Crippen molar-refractivity contribution in [2.45, 2.75) is 114 Å². The quantitative estimate of drug-likeness (QED) is 0.260. The molecule has 0 amide bonds. The van der Waals surface area contributed by atoms with E-state index in [-0.39, 0.29) is 4.71 Å². The predicted molar refractivity (Wildman–Crippen MR) is 99.5 cm³/mol. The summed E-state index contributed by atoms with van der Waals surface area (Å²) in [6.07, 6.45) is 21.3. The Morgan fingerprint density at radius 2 is 1.05 bits per heavy atom. The molecule has 0 fully saturated rings. The molecule has 22 heavy (non-hydrogen) atoms. The third-order valence-corrected chi connectivity index (χ3v) is 5.73. The van der Waals surface area contributed by atoms with Crippen LogP contribution in [0.15, 0.2) is 0 Å². The van der Waals surface area contributed by atoms with Gasteiger partial charge >= 0.3 is 108 Å². The summed E-state index contributed by atoms with van der Waals surface area (Å²) in [5.74, 6) is -0.620. The van der Waals surface area contributed by atoms with Gasteiger partial charge in [-0.2, -0.15) is 0 Å². The molecule has 2 nitrogen and oxygen atoms in total. The molecule has 0 spiro atoms. The van der Waals surface area contributed by atoms with Crippen LogP contribution in [0.5, 0.6) is 0 Å². The van der Waals surface area contributed by atoms with Crippen molar-refractivity contribution >= 4 is 22.8 Å². The van der Waals surface area contributed by atoms with Gasteiger partial charge in [0.2, 0.25) is 0 Å². The molecular formula is C19H39AsO2. The first kappa shape index (κ1) is 22.0. The molecule has 0 saturated carbocycles. The Bertz CT molecular complexity index is 244. The van der Waals surface area contributed by atoms with Crippen LogP contribution in [0.3, 0.4) is 0 Å². The molecule has 0 aliphatic rings. The summed E-state index contributed by atoms with van der Waals surface area (Å²) in [6, 6.07) is 0. The first-order chi connectivity index (χ1) is 10.7. The first-order valence-corrected chi connectivity index (χ1v) is 11.1. The summed E-state index contributed by atoms with van der Waals surface area (Å²) in [7, 11) is 0. The summed E-state index contributed by atoms with van der Waals surface area (Å²) in [4.78, 5) is 10.7. The number of hydrogen-bond acceptors (Lipinski definition) is 1. The fourth-order valence-electron chi connectivity index (χ4n) is 2.86. The molecule has 2 unspecified atom stereocenters. The van der Waals surface area contributed by atoms with Gasteiger partial charge in [0.25, 0.3) is 0 Å². The van der Waals surface area contributed by atoms with E-state index in [4.69, 9.17) is 5.11 Å². The Morgan fingerprint density at radius 3 is 1.36 bits per heavy atom. The van der Waals surface area contributed by atoms with Crippen molar-refractivity contribution in [2.24, 2.45) is 0 Å². The van der Waals surface area contributed by atoms with Crippen molar-refractivity contribution in [3.05, 3.63) is 0 Å². The summed E-state index contributed by atoms with van der Waals surface area (Å²) in [5.41, 5.74) is 0. The Kier molecular flexibility index (Phi) is 17.4. The average molecular weight is 374 g/mol. The van der Waals surface area contributed by atoms with Crippen LogP contribution in [0, 0.1) is 0 Å². The van der Waals surface area contributed by atoms with Gasteiger partial charge in [0.1, 0.15) is 0 Å². The van der Waals surface area contributed by atoms with Crippen molar-refractivity contribution < 1.29 is 9.90 Å². The van der Waals surface area contributed by atoms with Crippen LogP contribution in [0.2, 0.25) is 4.71 Å². The van der Waals surface area contributed by atoms with E-state index in [9.17, 15) is 4.79 Å². The number of carbonyl (C=O) groups is 1. The SMILES string of the molecule is CCCCCCCCCCCCCCCCCC([AsH2])C(=O)O. The molecule has 0 aliphatic heterocycles. The van der Waals surface area contributed by atoms with E-state index in [1.165, 1.54) is 107 Å². The van der Waals surface area contributed by atoms with Gasteiger partial charge in [-0.05, 0) is 0 Å². The van der Waals surface area contributed by atoms with Crippen molar-refractivity contribution in [3.8, 4) is 0 Å². The van der Waals surface area contributed by atoms with Gasteiger partial charge in [0.05, 0.1) is 0 Å². The van der Waals surface area contributed by atoms with Crippen LogP contribution >= 0.6 is 0 Å². The Labute approximate surface area is 147 Å². The molecule has 0 aromatic carbocycles. The summed E-state index contributed by atoms with van der Waals surface area (Å²) in [5, 5.41) is 8.81. The van der Waals surface area contributed by atoms with Crippen molar-refractivity contribution in [1.82, 2.24) is 0 Å². The van der Waals surface area contributed by atoms with E-state index >= 15 is 0 Å². The summed E-state index contributed by atoms with van der Waals surface area (Å²) >= 11 is 1.35. The Balaban J connectivity index is 3.04. The minimum absolute atomic E-state index is 0.102. The van der Waals surface area contributed by atoms with Gasteiger partial charge in [-0.1, -0.05) is 39.0 Å². The standard InChI is InChI=1S/C19H39AsO2/c1-2-3-4-5-6-7-8-9-10-11-12-13-14-15-16-17-18(20)19(21)22/h18H,2-17,20H2,1H3,(H,21,22). The molecule has 0 aromatic rings. The zero-order valence-electron chi connectivity index (χ0n) is 14.8. The second kappa shape index (κ2) is 17.4. The molecular weight excluding hydrogens is 335 g/mol.